The lowest BCUT2D eigenvalue weighted by Gasteiger charge is -2.26. The highest BCUT2D eigenvalue weighted by Crippen LogP contribution is 2.27. The summed E-state index contributed by atoms with van der Waals surface area (Å²) < 4.78 is 5.21. The first-order valence-corrected chi connectivity index (χ1v) is 8.13. The first-order valence-electron chi connectivity index (χ1n) is 8.13. The summed E-state index contributed by atoms with van der Waals surface area (Å²) in [5.74, 6) is 1.82. The Morgan fingerprint density at radius 2 is 1.75 bits per heavy atom. The van der Waals surface area contributed by atoms with Crippen LogP contribution >= 0.6 is 0 Å². The fraction of sp³-hybridized carbons (Fsp3) is 0.667. The molecule has 0 heterocycles. The molecule has 0 amide bonds. The van der Waals surface area contributed by atoms with Gasteiger partial charge in [-0.15, -0.1) is 0 Å². The molecule has 1 N–H and O–H groups in total. The molecule has 0 aliphatic heterocycles. The van der Waals surface area contributed by atoms with E-state index in [4.69, 9.17) is 4.74 Å². The van der Waals surface area contributed by atoms with Crippen LogP contribution in [0.1, 0.15) is 50.5 Å². The molecular weight excluding hydrogens is 246 g/mol. The third kappa shape index (κ3) is 4.52. The molecule has 0 aromatic heterocycles. The quantitative estimate of drug-likeness (QED) is 0.786. The summed E-state index contributed by atoms with van der Waals surface area (Å²) in [6, 6.07) is 9.19. The van der Waals surface area contributed by atoms with Crippen LogP contribution in [0.2, 0.25) is 0 Å². The molecule has 1 aromatic rings. The summed E-state index contributed by atoms with van der Waals surface area (Å²) in [5, 5.41) is 3.57. The summed E-state index contributed by atoms with van der Waals surface area (Å²) in [6.45, 7) is 0. The van der Waals surface area contributed by atoms with Crippen molar-refractivity contribution in [3.63, 3.8) is 0 Å². The molecule has 2 nitrogen and oxygen atoms in total. The number of aryl methyl sites for hydroxylation is 1. The molecule has 112 valence electrons. The monoisotopic (exact) mass is 275 g/mol. The van der Waals surface area contributed by atoms with Crippen molar-refractivity contribution in [2.45, 2.75) is 57.4 Å². The van der Waals surface area contributed by atoms with E-state index in [1.807, 2.05) is 0 Å². The second-order valence-corrected chi connectivity index (χ2v) is 6.03. The van der Waals surface area contributed by atoms with Crippen molar-refractivity contribution in [3.8, 4) is 5.75 Å². The molecule has 20 heavy (non-hydrogen) atoms. The van der Waals surface area contributed by atoms with Crippen molar-refractivity contribution in [2.75, 3.05) is 14.2 Å². The van der Waals surface area contributed by atoms with Crippen molar-refractivity contribution >= 4 is 0 Å². The van der Waals surface area contributed by atoms with Gasteiger partial charge in [0, 0.05) is 6.04 Å². The molecule has 0 bridgehead atoms. The van der Waals surface area contributed by atoms with Crippen molar-refractivity contribution < 1.29 is 4.74 Å². The van der Waals surface area contributed by atoms with E-state index in [2.05, 4.69) is 36.6 Å². The van der Waals surface area contributed by atoms with Gasteiger partial charge in [0.2, 0.25) is 0 Å². The van der Waals surface area contributed by atoms with Gasteiger partial charge < -0.3 is 10.1 Å². The average molecular weight is 275 g/mol. The van der Waals surface area contributed by atoms with E-state index in [-0.39, 0.29) is 0 Å². The SMILES string of the molecule is CNC(CCc1ccc(OC)cc1)C1CCCCCC1. The fourth-order valence-electron chi connectivity index (χ4n) is 3.44. The van der Waals surface area contributed by atoms with E-state index in [1.165, 1.54) is 50.5 Å². The van der Waals surface area contributed by atoms with Crippen molar-refractivity contribution in [3.05, 3.63) is 29.8 Å². The van der Waals surface area contributed by atoms with Crippen LogP contribution in [0.4, 0.5) is 0 Å². The lowest BCUT2D eigenvalue weighted by molar-refractivity contribution is 0.319. The van der Waals surface area contributed by atoms with Crippen LogP contribution in [0.15, 0.2) is 24.3 Å². The van der Waals surface area contributed by atoms with Crippen molar-refractivity contribution in [1.29, 1.82) is 0 Å². The van der Waals surface area contributed by atoms with E-state index in [1.54, 1.807) is 7.11 Å². The smallest absolute Gasteiger partial charge is 0.118 e. The fourth-order valence-corrected chi connectivity index (χ4v) is 3.44. The molecule has 0 spiro atoms. The summed E-state index contributed by atoms with van der Waals surface area (Å²) in [6.07, 6.45) is 10.9. The van der Waals surface area contributed by atoms with Gasteiger partial charge >= 0.3 is 0 Å². The highest BCUT2D eigenvalue weighted by atomic mass is 16.5. The lowest BCUT2D eigenvalue weighted by atomic mass is 9.88. The third-order valence-corrected chi connectivity index (χ3v) is 4.74. The van der Waals surface area contributed by atoms with Crippen molar-refractivity contribution in [2.24, 2.45) is 5.92 Å². The number of ether oxygens (including phenoxy) is 1. The normalized spacial score (nSPS) is 18.5. The number of nitrogens with one attached hydrogen (secondary N) is 1. The highest BCUT2D eigenvalue weighted by molar-refractivity contribution is 5.27. The molecular formula is C18H29NO. The van der Waals surface area contributed by atoms with Crippen LogP contribution in [0, 0.1) is 5.92 Å². The van der Waals surface area contributed by atoms with Crippen LogP contribution in [-0.2, 0) is 6.42 Å². The number of hydrogen-bond donors (Lipinski definition) is 1. The predicted octanol–water partition coefficient (Wildman–Crippen LogP) is 4.19. The summed E-state index contributed by atoms with van der Waals surface area (Å²) in [7, 11) is 3.85. The van der Waals surface area contributed by atoms with Gasteiger partial charge in [0.25, 0.3) is 0 Å². The minimum absolute atomic E-state index is 0.676. The molecule has 2 heteroatoms. The molecule has 1 aliphatic carbocycles. The first kappa shape index (κ1) is 15.4. The molecule has 1 saturated carbocycles. The largest absolute Gasteiger partial charge is 0.497 e. The highest BCUT2D eigenvalue weighted by Gasteiger charge is 2.21. The standard InChI is InChI=1S/C18H29NO/c1-19-18(16-7-5-3-4-6-8-16)14-11-15-9-12-17(20-2)13-10-15/h9-10,12-13,16,18-19H,3-8,11,14H2,1-2H3. The van der Waals surface area contributed by atoms with Gasteiger partial charge in [-0.3, -0.25) is 0 Å². The third-order valence-electron chi connectivity index (χ3n) is 4.74. The maximum Gasteiger partial charge on any atom is 0.118 e. The topological polar surface area (TPSA) is 21.3 Å². The lowest BCUT2D eigenvalue weighted by Crippen LogP contribution is -2.33. The zero-order chi connectivity index (χ0) is 14.2. The van der Waals surface area contributed by atoms with Crippen molar-refractivity contribution in [1.82, 2.24) is 5.32 Å². The maximum absolute atomic E-state index is 5.21. The predicted molar refractivity (Wildman–Crippen MR) is 85.4 cm³/mol. The van der Waals surface area contributed by atoms with Gasteiger partial charge in [-0.2, -0.15) is 0 Å². The van der Waals surface area contributed by atoms with Crippen LogP contribution in [0.25, 0.3) is 0 Å². The van der Waals surface area contributed by atoms with E-state index >= 15 is 0 Å². The first-order chi connectivity index (χ1) is 9.83. The molecule has 1 atom stereocenters. The Morgan fingerprint density at radius 3 is 2.30 bits per heavy atom. The minimum atomic E-state index is 0.676. The molecule has 1 aliphatic rings. The zero-order valence-electron chi connectivity index (χ0n) is 13.0. The number of hydrogen-bond acceptors (Lipinski definition) is 2. The molecule has 1 fully saturated rings. The Labute approximate surface area is 123 Å². The number of benzene rings is 1. The van der Waals surface area contributed by atoms with E-state index in [0.29, 0.717) is 6.04 Å². The van der Waals surface area contributed by atoms with Gasteiger partial charge in [-0.25, -0.2) is 0 Å². The van der Waals surface area contributed by atoms with E-state index in [0.717, 1.165) is 18.1 Å². The Bertz CT molecular complexity index is 366. The maximum atomic E-state index is 5.21. The van der Waals surface area contributed by atoms with E-state index < -0.39 is 0 Å². The molecule has 1 aromatic carbocycles. The average Bonchev–Trinajstić information content (AvgIpc) is 2.78. The Morgan fingerprint density at radius 1 is 1.10 bits per heavy atom. The zero-order valence-corrected chi connectivity index (χ0v) is 13.0. The number of rotatable bonds is 6. The second kappa shape index (κ2) is 8.31. The van der Waals surface area contributed by atoms with Gasteiger partial charge in [-0.05, 0) is 56.3 Å². The van der Waals surface area contributed by atoms with Crippen LogP contribution in [0.3, 0.4) is 0 Å². The number of methoxy groups -OCH3 is 1. The van der Waals surface area contributed by atoms with E-state index in [9.17, 15) is 0 Å². The van der Waals surface area contributed by atoms with Crippen LogP contribution in [0.5, 0.6) is 5.75 Å². The Hall–Kier alpha value is -1.02. The summed E-state index contributed by atoms with van der Waals surface area (Å²) in [4.78, 5) is 0. The van der Waals surface area contributed by atoms with Crippen LogP contribution in [-0.4, -0.2) is 20.2 Å². The second-order valence-electron chi connectivity index (χ2n) is 6.03. The van der Waals surface area contributed by atoms with Crippen LogP contribution < -0.4 is 10.1 Å². The van der Waals surface area contributed by atoms with Gasteiger partial charge in [0.15, 0.2) is 0 Å². The van der Waals surface area contributed by atoms with Gasteiger partial charge in [0.05, 0.1) is 7.11 Å². The minimum Gasteiger partial charge on any atom is -0.497 e. The Balaban J connectivity index is 1.85. The molecule has 2 rings (SSSR count). The Kier molecular flexibility index (Phi) is 6.38. The summed E-state index contributed by atoms with van der Waals surface area (Å²) >= 11 is 0. The summed E-state index contributed by atoms with van der Waals surface area (Å²) in [5.41, 5.74) is 1.42. The molecule has 1 unspecified atom stereocenters. The molecule has 0 saturated heterocycles. The van der Waals surface area contributed by atoms with Gasteiger partial charge in [-0.1, -0.05) is 37.8 Å². The van der Waals surface area contributed by atoms with Gasteiger partial charge in [0.1, 0.15) is 5.75 Å². The molecule has 0 radical (unpaired) electrons.